The molecule has 2 N–H and O–H groups in total. The number of benzene rings is 1. The summed E-state index contributed by atoms with van der Waals surface area (Å²) in [6.45, 7) is 2.20. The van der Waals surface area contributed by atoms with Gasteiger partial charge < -0.3 is 24.4 Å². The van der Waals surface area contributed by atoms with E-state index in [1.54, 1.807) is 41.4 Å². The van der Waals surface area contributed by atoms with Crippen molar-refractivity contribution in [3.63, 3.8) is 0 Å². The zero-order chi connectivity index (χ0) is 38.7. The third kappa shape index (κ3) is 6.31. The van der Waals surface area contributed by atoms with Gasteiger partial charge in [0.15, 0.2) is 0 Å². The van der Waals surface area contributed by atoms with Gasteiger partial charge in [0.25, 0.3) is 5.91 Å². The average molecular weight is 761 g/mol. The summed E-state index contributed by atoms with van der Waals surface area (Å²) in [5, 5.41) is 6.52. The van der Waals surface area contributed by atoms with Gasteiger partial charge in [-0.15, -0.1) is 0 Å². The second-order valence-corrected chi connectivity index (χ2v) is 16.2. The van der Waals surface area contributed by atoms with Crippen LogP contribution in [0.15, 0.2) is 53.6 Å². The molecule has 5 aromatic rings. The number of hydrogen-bond donors (Lipinski definition) is 2. The number of piperidine rings is 2. The van der Waals surface area contributed by atoms with E-state index in [0.717, 1.165) is 92.3 Å². The lowest BCUT2D eigenvalue weighted by molar-refractivity contribution is -0.135. The molecule has 2 atom stereocenters. The Morgan fingerprint density at radius 1 is 0.964 bits per heavy atom. The Kier molecular flexibility index (Phi) is 9.14. The molecule has 3 aliphatic heterocycles. The number of carbonyl (C=O) groups excluding carboxylic acids is 3. The third-order valence-electron chi connectivity index (χ3n) is 12.5. The minimum atomic E-state index is -0.713. The predicted molar refractivity (Wildman–Crippen MR) is 211 cm³/mol. The fourth-order valence-electron chi connectivity index (χ4n) is 9.41. The van der Waals surface area contributed by atoms with Crippen LogP contribution in [0.2, 0.25) is 0 Å². The predicted octanol–water partition coefficient (Wildman–Crippen LogP) is 4.95. The molecule has 3 saturated heterocycles. The number of pyridine rings is 1. The highest BCUT2D eigenvalue weighted by Gasteiger charge is 2.40. The van der Waals surface area contributed by atoms with Gasteiger partial charge in [0.2, 0.25) is 17.8 Å². The van der Waals surface area contributed by atoms with Crippen LogP contribution in [0.5, 0.6) is 0 Å². The molecule has 1 spiro atoms. The van der Waals surface area contributed by atoms with Crippen molar-refractivity contribution < 1.29 is 19.1 Å². The fourth-order valence-corrected chi connectivity index (χ4v) is 9.41. The van der Waals surface area contributed by atoms with Crippen molar-refractivity contribution >= 4 is 57.2 Å². The molecule has 1 aromatic carbocycles. The Labute approximate surface area is 324 Å². The number of carbonyl (C=O) groups is 3. The summed E-state index contributed by atoms with van der Waals surface area (Å²) in [5.41, 5.74) is 4.56. The molecule has 1 aliphatic carbocycles. The zero-order valence-electron chi connectivity index (χ0n) is 32.2. The van der Waals surface area contributed by atoms with E-state index in [1.807, 2.05) is 36.5 Å². The number of aryl methyl sites for hydroxylation is 1. The number of rotatable bonds is 7. The van der Waals surface area contributed by atoms with E-state index in [0.29, 0.717) is 36.0 Å². The first kappa shape index (κ1) is 36.1. The van der Waals surface area contributed by atoms with Crippen molar-refractivity contribution in [3.05, 3.63) is 70.5 Å². The van der Waals surface area contributed by atoms with E-state index in [1.165, 1.54) is 0 Å². The molecule has 15 heteroatoms. The number of imidazole rings is 1. The van der Waals surface area contributed by atoms with Crippen LogP contribution < -0.4 is 21.2 Å². The highest BCUT2D eigenvalue weighted by atomic mass is 16.5. The molecule has 0 radical (unpaired) electrons. The van der Waals surface area contributed by atoms with E-state index in [9.17, 15) is 19.2 Å². The molecule has 7 heterocycles. The van der Waals surface area contributed by atoms with E-state index in [-0.39, 0.29) is 41.5 Å². The minimum absolute atomic E-state index is 0.0341. The lowest BCUT2D eigenvalue weighted by Gasteiger charge is -2.46. The maximum Gasteiger partial charge on any atom is 0.329 e. The Hall–Kier alpha value is -5.57. The number of imide groups is 1. The zero-order valence-corrected chi connectivity index (χ0v) is 32.2. The lowest BCUT2D eigenvalue weighted by atomic mass is 9.80. The Bertz CT molecular complexity index is 2390. The molecule has 9 rings (SSSR count). The van der Waals surface area contributed by atoms with Crippen molar-refractivity contribution in [2.45, 2.75) is 87.8 Å². The Morgan fingerprint density at radius 3 is 2.46 bits per heavy atom. The first-order valence-electron chi connectivity index (χ1n) is 19.8. The van der Waals surface area contributed by atoms with Crippen LogP contribution in [0, 0.1) is 0 Å². The highest BCUT2D eigenvalue weighted by molar-refractivity contribution is 6.01. The van der Waals surface area contributed by atoms with Gasteiger partial charge in [-0.25, -0.2) is 14.8 Å². The van der Waals surface area contributed by atoms with Gasteiger partial charge in [-0.2, -0.15) is 4.98 Å². The van der Waals surface area contributed by atoms with Crippen molar-refractivity contribution in [1.82, 2.24) is 38.9 Å². The van der Waals surface area contributed by atoms with Gasteiger partial charge >= 0.3 is 5.69 Å². The molecule has 1 saturated carbocycles. The molecule has 3 amide bonds. The van der Waals surface area contributed by atoms with Crippen molar-refractivity contribution in [2.75, 3.05) is 44.0 Å². The monoisotopic (exact) mass is 760 g/mol. The van der Waals surface area contributed by atoms with Crippen molar-refractivity contribution in [2.24, 2.45) is 7.05 Å². The first-order valence-corrected chi connectivity index (χ1v) is 19.8. The van der Waals surface area contributed by atoms with Gasteiger partial charge in [0.05, 0.1) is 28.9 Å². The molecule has 4 aromatic heterocycles. The standard InChI is InChI=1S/C41H48N10O5/c1-47(2)38(54)32-21-27-23-43-39(46-36(27)50(32)28-7-4-5-8-28)44-33-13-11-25(22-42-33)26-15-16-41(56-24-26)17-19-49(20-18-41)29-9-6-10-30-35(29)48(3)40(55)51(30)31-12-14-34(52)45-37(31)53/h6,9-11,13,21-23,26,28,31H,4-5,7-8,12,14-20,24H2,1-3H3,(H,45,52,53)(H,42,43,44,46). The summed E-state index contributed by atoms with van der Waals surface area (Å²) in [4.78, 5) is 69.2. The van der Waals surface area contributed by atoms with Crippen LogP contribution in [0.4, 0.5) is 17.5 Å². The van der Waals surface area contributed by atoms with Crippen LogP contribution in [-0.4, -0.2) is 90.7 Å². The van der Waals surface area contributed by atoms with E-state index in [2.05, 4.69) is 31.2 Å². The molecule has 4 fully saturated rings. The molecule has 2 unspecified atom stereocenters. The summed E-state index contributed by atoms with van der Waals surface area (Å²) in [6.07, 6.45) is 12.3. The topological polar surface area (TPSA) is 162 Å². The SMILES string of the molecule is CN(C)C(=O)c1cc2cnc(Nc3ccc(C4CCC5(CCN(c6cccc7c6n(C)c(=O)n7C6CCC(=O)NC6=O)CC5)OC4)cn3)nc2n1C1CCCC1. The second kappa shape index (κ2) is 14.2. The lowest BCUT2D eigenvalue weighted by Crippen LogP contribution is -2.48. The maximum atomic E-state index is 13.5. The number of amides is 3. The van der Waals surface area contributed by atoms with Gasteiger partial charge in [-0.1, -0.05) is 25.0 Å². The smallest absolute Gasteiger partial charge is 0.329 e. The van der Waals surface area contributed by atoms with E-state index < -0.39 is 11.9 Å². The van der Waals surface area contributed by atoms with Crippen LogP contribution >= 0.6 is 0 Å². The van der Waals surface area contributed by atoms with Crippen LogP contribution in [-0.2, 0) is 21.4 Å². The fraction of sp³-hybridized carbons (Fsp3) is 0.488. The minimum Gasteiger partial charge on any atom is -0.374 e. The van der Waals surface area contributed by atoms with Crippen molar-refractivity contribution in [3.8, 4) is 0 Å². The number of nitrogens with zero attached hydrogens (tertiary/aromatic N) is 8. The van der Waals surface area contributed by atoms with Gasteiger partial charge in [-0.05, 0) is 74.8 Å². The number of nitrogens with one attached hydrogen (secondary N) is 2. The van der Waals surface area contributed by atoms with Gasteiger partial charge in [0.1, 0.15) is 23.2 Å². The number of hydrogen-bond acceptors (Lipinski definition) is 10. The second-order valence-electron chi connectivity index (χ2n) is 16.2. The molecule has 4 aliphatic rings. The highest BCUT2D eigenvalue weighted by Crippen LogP contribution is 2.42. The number of aromatic nitrogens is 6. The molecular formula is C41H48N10O5. The number of fused-ring (bicyclic) bond motifs is 2. The normalized spacial score (nSPS) is 21.6. The molecule has 0 bridgehead atoms. The molecule has 56 heavy (non-hydrogen) atoms. The Morgan fingerprint density at radius 2 is 1.77 bits per heavy atom. The maximum absolute atomic E-state index is 13.5. The van der Waals surface area contributed by atoms with Crippen LogP contribution in [0.25, 0.3) is 22.1 Å². The summed E-state index contributed by atoms with van der Waals surface area (Å²) in [7, 11) is 5.30. The summed E-state index contributed by atoms with van der Waals surface area (Å²) in [5.74, 6) is 0.567. The van der Waals surface area contributed by atoms with Gasteiger partial charge in [0, 0.05) is 70.4 Å². The largest absolute Gasteiger partial charge is 0.374 e. The summed E-state index contributed by atoms with van der Waals surface area (Å²) >= 11 is 0. The summed E-state index contributed by atoms with van der Waals surface area (Å²) in [6, 6.07) is 11.4. The van der Waals surface area contributed by atoms with E-state index >= 15 is 0 Å². The van der Waals surface area contributed by atoms with Gasteiger partial charge in [-0.3, -0.25) is 28.8 Å². The molecule has 292 valence electrons. The number of para-hydroxylation sites is 1. The molecular weight excluding hydrogens is 713 g/mol. The molecule has 15 nitrogen and oxygen atoms in total. The van der Waals surface area contributed by atoms with Crippen LogP contribution in [0.1, 0.15) is 98.3 Å². The van der Waals surface area contributed by atoms with Crippen molar-refractivity contribution in [1.29, 1.82) is 0 Å². The average Bonchev–Trinajstić information content (AvgIpc) is 3.93. The van der Waals surface area contributed by atoms with Crippen LogP contribution in [0.3, 0.4) is 0 Å². The quantitative estimate of drug-likeness (QED) is 0.217. The van der Waals surface area contributed by atoms with E-state index in [4.69, 9.17) is 14.7 Å². The third-order valence-corrected chi connectivity index (χ3v) is 12.5. The Balaban J connectivity index is 0.845. The summed E-state index contributed by atoms with van der Waals surface area (Å²) < 4.78 is 12.0. The first-order chi connectivity index (χ1) is 27.1. The number of ether oxygens (including phenoxy) is 1. The number of anilines is 3.